The van der Waals surface area contributed by atoms with E-state index in [0.29, 0.717) is 24.8 Å². The fourth-order valence-corrected chi connectivity index (χ4v) is 2.90. The molecule has 0 aromatic heterocycles. The van der Waals surface area contributed by atoms with E-state index < -0.39 is 12.0 Å². The highest BCUT2D eigenvalue weighted by molar-refractivity contribution is 7.99. The molecule has 2 heterocycles. The number of nitrogens with one attached hydrogen (secondary N) is 1. The number of amides is 2. The van der Waals surface area contributed by atoms with E-state index in [-0.39, 0.29) is 12.1 Å². The predicted octanol–water partition coefficient (Wildman–Crippen LogP) is -0.0556. The van der Waals surface area contributed by atoms with Crippen LogP contribution in [0.15, 0.2) is 0 Å². The number of urea groups is 1. The van der Waals surface area contributed by atoms with Crippen LogP contribution in [-0.4, -0.2) is 58.9 Å². The summed E-state index contributed by atoms with van der Waals surface area (Å²) in [7, 11) is 0. The van der Waals surface area contributed by atoms with Gasteiger partial charge in [-0.15, -0.1) is 11.8 Å². The number of carbonyl (C=O) groups is 2. The van der Waals surface area contributed by atoms with Gasteiger partial charge in [0.05, 0.1) is 18.5 Å². The molecule has 2 rings (SSSR count). The minimum Gasteiger partial charge on any atom is -0.480 e. The Morgan fingerprint density at radius 1 is 1.50 bits per heavy atom. The molecule has 2 aliphatic rings. The van der Waals surface area contributed by atoms with E-state index in [9.17, 15) is 9.59 Å². The van der Waals surface area contributed by atoms with Gasteiger partial charge in [0, 0.05) is 12.4 Å². The third kappa shape index (κ3) is 2.41. The second-order valence-corrected chi connectivity index (χ2v) is 4.83. The minimum atomic E-state index is -0.942. The molecule has 0 spiro atoms. The van der Waals surface area contributed by atoms with Crippen LogP contribution in [0, 0.1) is 0 Å². The van der Waals surface area contributed by atoms with Crippen LogP contribution in [0.1, 0.15) is 6.42 Å². The molecular formula is C9H14N2O4S. The number of hydrogen-bond acceptors (Lipinski definition) is 4. The van der Waals surface area contributed by atoms with E-state index in [1.807, 2.05) is 0 Å². The molecule has 7 heteroatoms. The number of nitrogens with zero attached hydrogens (tertiary/aromatic N) is 1. The first kappa shape index (κ1) is 11.5. The number of carboxylic acid groups (broad SMARTS) is 1. The summed E-state index contributed by atoms with van der Waals surface area (Å²) in [4.78, 5) is 24.1. The summed E-state index contributed by atoms with van der Waals surface area (Å²) in [6, 6.07) is -0.979. The number of carboxylic acids is 1. The van der Waals surface area contributed by atoms with Gasteiger partial charge >= 0.3 is 12.0 Å². The van der Waals surface area contributed by atoms with Crippen molar-refractivity contribution in [3.63, 3.8) is 0 Å². The van der Waals surface area contributed by atoms with Gasteiger partial charge in [0.15, 0.2) is 0 Å². The molecule has 2 N–H and O–H groups in total. The molecule has 2 amide bonds. The summed E-state index contributed by atoms with van der Waals surface area (Å²) in [6.45, 7) is 1.17. The van der Waals surface area contributed by atoms with Crippen molar-refractivity contribution in [3.8, 4) is 0 Å². The van der Waals surface area contributed by atoms with Crippen LogP contribution in [-0.2, 0) is 9.53 Å². The fourth-order valence-electron chi connectivity index (χ4n) is 1.75. The highest BCUT2D eigenvalue weighted by Gasteiger charge is 2.35. The largest absolute Gasteiger partial charge is 0.480 e. The minimum absolute atomic E-state index is 0.0209. The SMILES string of the molecule is O=C(O)C1CSCN1C(=O)NC1CCOC1. The van der Waals surface area contributed by atoms with Crippen molar-refractivity contribution >= 4 is 23.8 Å². The van der Waals surface area contributed by atoms with E-state index in [0.717, 1.165) is 6.42 Å². The lowest BCUT2D eigenvalue weighted by molar-refractivity contribution is -0.140. The number of ether oxygens (including phenoxy) is 1. The Balaban J connectivity index is 1.90. The molecule has 0 aromatic carbocycles. The van der Waals surface area contributed by atoms with Gasteiger partial charge in [0.1, 0.15) is 6.04 Å². The summed E-state index contributed by atoms with van der Waals surface area (Å²) in [5, 5.41) is 11.7. The lowest BCUT2D eigenvalue weighted by atomic mass is 10.2. The van der Waals surface area contributed by atoms with Gasteiger partial charge in [0.25, 0.3) is 0 Å². The Morgan fingerprint density at radius 2 is 2.31 bits per heavy atom. The molecular weight excluding hydrogens is 232 g/mol. The average Bonchev–Trinajstić information content (AvgIpc) is 2.86. The quantitative estimate of drug-likeness (QED) is 0.714. The van der Waals surface area contributed by atoms with Gasteiger partial charge in [-0.2, -0.15) is 0 Å². The summed E-state index contributed by atoms with van der Waals surface area (Å²) in [5.41, 5.74) is 0. The first-order valence-electron chi connectivity index (χ1n) is 5.14. The summed E-state index contributed by atoms with van der Waals surface area (Å²) < 4.78 is 5.14. The maximum absolute atomic E-state index is 11.8. The van der Waals surface area contributed by atoms with Crippen LogP contribution in [0.4, 0.5) is 4.79 Å². The van der Waals surface area contributed by atoms with Crippen LogP contribution in [0.5, 0.6) is 0 Å². The maximum atomic E-state index is 11.8. The van der Waals surface area contributed by atoms with Crippen LogP contribution in [0.2, 0.25) is 0 Å². The van der Waals surface area contributed by atoms with E-state index in [2.05, 4.69) is 5.32 Å². The second-order valence-electron chi connectivity index (χ2n) is 3.83. The third-order valence-corrected chi connectivity index (χ3v) is 3.70. The molecule has 2 saturated heterocycles. The van der Waals surface area contributed by atoms with Crippen molar-refractivity contribution in [2.75, 3.05) is 24.8 Å². The Bertz CT molecular complexity index is 293. The number of aliphatic carboxylic acids is 1. The molecule has 0 radical (unpaired) electrons. The van der Waals surface area contributed by atoms with Gasteiger partial charge in [-0.25, -0.2) is 9.59 Å². The molecule has 2 atom stereocenters. The van der Waals surface area contributed by atoms with Crippen molar-refractivity contribution in [1.82, 2.24) is 10.2 Å². The molecule has 2 aliphatic heterocycles. The summed E-state index contributed by atoms with van der Waals surface area (Å²) in [5.74, 6) is -0.0388. The second kappa shape index (κ2) is 4.92. The molecule has 16 heavy (non-hydrogen) atoms. The molecule has 6 nitrogen and oxygen atoms in total. The smallest absolute Gasteiger partial charge is 0.327 e. The van der Waals surface area contributed by atoms with Gasteiger partial charge in [-0.1, -0.05) is 0 Å². The topological polar surface area (TPSA) is 78.9 Å². The maximum Gasteiger partial charge on any atom is 0.327 e. The van der Waals surface area contributed by atoms with Gasteiger partial charge in [-0.05, 0) is 6.42 Å². The molecule has 0 saturated carbocycles. The third-order valence-electron chi connectivity index (χ3n) is 2.69. The van der Waals surface area contributed by atoms with Gasteiger partial charge in [-0.3, -0.25) is 0 Å². The monoisotopic (exact) mass is 246 g/mol. The fraction of sp³-hybridized carbons (Fsp3) is 0.778. The highest BCUT2D eigenvalue weighted by Crippen LogP contribution is 2.21. The van der Waals surface area contributed by atoms with Crippen LogP contribution in [0.25, 0.3) is 0 Å². The van der Waals surface area contributed by atoms with Gasteiger partial charge < -0.3 is 20.1 Å². The Morgan fingerprint density at radius 3 is 2.94 bits per heavy atom. The van der Waals surface area contributed by atoms with Crippen LogP contribution >= 0.6 is 11.8 Å². The normalized spacial score (nSPS) is 29.4. The predicted molar refractivity (Wildman–Crippen MR) is 58.3 cm³/mol. The van der Waals surface area contributed by atoms with E-state index in [1.165, 1.54) is 16.7 Å². The van der Waals surface area contributed by atoms with Crippen molar-refractivity contribution in [2.24, 2.45) is 0 Å². The van der Waals surface area contributed by atoms with E-state index in [4.69, 9.17) is 9.84 Å². The van der Waals surface area contributed by atoms with Crippen molar-refractivity contribution in [2.45, 2.75) is 18.5 Å². The highest BCUT2D eigenvalue weighted by atomic mass is 32.2. The zero-order chi connectivity index (χ0) is 11.5. The zero-order valence-electron chi connectivity index (χ0n) is 8.72. The summed E-state index contributed by atoms with van der Waals surface area (Å²) >= 11 is 1.46. The molecule has 0 aromatic rings. The van der Waals surface area contributed by atoms with Crippen molar-refractivity contribution < 1.29 is 19.4 Å². The van der Waals surface area contributed by atoms with Crippen LogP contribution in [0.3, 0.4) is 0 Å². The lowest BCUT2D eigenvalue weighted by Gasteiger charge is -2.22. The molecule has 0 bridgehead atoms. The first-order chi connectivity index (χ1) is 7.68. The van der Waals surface area contributed by atoms with Crippen molar-refractivity contribution in [1.29, 1.82) is 0 Å². The number of carbonyl (C=O) groups excluding carboxylic acids is 1. The molecule has 90 valence electrons. The van der Waals surface area contributed by atoms with Gasteiger partial charge in [0.2, 0.25) is 0 Å². The van der Waals surface area contributed by atoms with E-state index >= 15 is 0 Å². The molecule has 0 aliphatic carbocycles. The average molecular weight is 246 g/mol. The zero-order valence-corrected chi connectivity index (χ0v) is 9.53. The molecule has 2 unspecified atom stereocenters. The Kier molecular flexibility index (Phi) is 3.55. The Hall–Kier alpha value is -0.950. The molecule has 2 fully saturated rings. The number of thioether (sulfide) groups is 1. The standard InChI is InChI=1S/C9H14N2O4S/c12-8(13)7-4-16-5-11(7)9(14)10-6-1-2-15-3-6/h6-7H,1-5H2,(H,10,14)(H,12,13). The van der Waals surface area contributed by atoms with Crippen molar-refractivity contribution in [3.05, 3.63) is 0 Å². The van der Waals surface area contributed by atoms with Crippen LogP contribution < -0.4 is 5.32 Å². The number of rotatable bonds is 2. The lowest BCUT2D eigenvalue weighted by Crippen LogP contribution is -2.49. The summed E-state index contributed by atoms with van der Waals surface area (Å²) in [6.07, 6.45) is 0.796. The Labute approximate surface area is 97.3 Å². The first-order valence-corrected chi connectivity index (χ1v) is 6.29. The van der Waals surface area contributed by atoms with E-state index in [1.54, 1.807) is 0 Å². The number of hydrogen-bond donors (Lipinski definition) is 2.